The molecule has 25 heavy (non-hydrogen) atoms. The maximum atomic E-state index is 12.2. The Bertz CT molecular complexity index is 811. The number of halogens is 1. The number of rotatable bonds is 2. The predicted octanol–water partition coefficient (Wildman–Crippen LogP) is 4.78. The molecule has 132 valence electrons. The molecule has 0 aliphatic heterocycles. The molecule has 0 heterocycles. The molecule has 0 aliphatic carbocycles. The van der Waals surface area contributed by atoms with Crippen molar-refractivity contribution in [3.63, 3.8) is 0 Å². The van der Waals surface area contributed by atoms with Crippen molar-refractivity contribution in [2.75, 3.05) is 5.32 Å². The lowest BCUT2D eigenvalue weighted by atomic mass is 9.87. The van der Waals surface area contributed by atoms with Gasteiger partial charge in [-0.25, -0.2) is 0 Å². The summed E-state index contributed by atoms with van der Waals surface area (Å²) in [5.74, 6) is -0.434. The van der Waals surface area contributed by atoms with Gasteiger partial charge in [-0.2, -0.15) is 0 Å². The molecule has 0 bridgehead atoms. The van der Waals surface area contributed by atoms with E-state index in [1.807, 2.05) is 39.8 Å². The van der Waals surface area contributed by atoms with Crippen LogP contribution in [0.2, 0.25) is 5.02 Å². The van der Waals surface area contributed by atoms with Crippen LogP contribution in [-0.4, -0.2) is 16.1 Å². The van der Waals surface area contributed by atoms with Gasteiger partial charge in [-0.15, -0.1) is 0 Å². The Morgan fingerprint density at radius 3 is 2.32 bits per heavy atom. The Morgan fingerprint density at radius 2 is 1.76 bits per heavy atom. The number of phenols is 1. The number of carbonyl (C=O) groups is 1. The highest BCUT2D eigenvalue weighted by molar-refractivity contribution is 7.80. The van der Waals surface area contributed by atoms with Crippen molar-refractivity contribution in [2.24, 2.45) is 0 Å². The van der Waals surface area contributed by atoms with Crippen LogP contribution in [0.25, 0.3) is 0 Å². The third-order valence-electron chi connectivity index (χ3n) is 3.72. The number of benzene rings is 2. The fraction of sp³-hybridized carbons (Fsp3) is 0.263. The first kappa shape index (κ1) is 19.2. The third-order valence-corrected chi connectivity index (χ3v) is 4.21. The molecule has 0 saturated carbocycles. The standard InChI is InChI=1S/C19H21ClN2O2S/c1-11-5-7-12(8-6-11)17(24)22-18(25)21-15-10-13(19(2,3)4)9-14(20)16(15)23/h5-10,23H,1-4H3,(H2,21,22,24,25). The Labute approximate surface area is 158 Å². The van der Waals surface area contributed by atoms with Crippen LogP contribution in [0.5, 0.6) is 5.75 Å². The van der Waals surface area contributed by atoms with E-state index in [0.29, 0.717) is 11.3 Å². The van der Waals surface area contributed by atoms with Gasteiger partial charge in [-0.3, -0.25) is 10.1 Å². The molecular weight excluding hydrogens is 356 g/mol. The second-order valence-corrected chi connectivity index (χ2v) is 7.69. The van der Waals surface area contributed by atoms with Crippen LogP contribution in [0.15, 0.2) is 36.4 Å². The second-order valence-electron chi connectivity index (χ2n) is 6.88. The summed E-state index contributed by atoms with van der Waals surface area (Å²) >= 11 is 11.3. The Morgan fingerprint density at radius 1 is 1.16 bits per heavy atom. The van der Waals surface area contributed by atoms with E-state index in [1.54, 1.807) is 24.3 Å². The van der Waals surface area contributed by atoms with Crippen molar-refractivity contribution >= 4 is 40.5 Å². The van der Waals surface area contributed by atoms with Gasteiger partial charge in [0, 0.05) is 5.56 Å². The quantitative estimate of drug-likeness (QED) is 0.521. The van der Waals surface area contributed by atoms with Crippen LogP contribution in [0.4, 0.5) is 5.69 Å². The third kappa shape index (κ3) is 4.94. The summed E-state index contributed by atoms with van der Waals surface area (Å²) in [6, 6.07) is 10.6. The number of nitrogens with one attached hydrogen (secondary N) is 2. The van der Waals surface area contributed by atoms with Crippen molar-refractivity contribution in [3.8, 4) is 5.75 Å². The van der Waals surface area contributed by atoms with Crippen LogP contribution in [-0.2, 0) is 5.41 Å². The topological polar surface area (TPSA) is 61.4 Å². The average molecular weight is 377 g/mol. The van der Waals surface area contributed by atoms with Crippen LogP contribution in [0.3, 0.4) is 0 Å². The van der Waals surface area contributed by atoms with Gasteiger partial charge >= 0.3 is 0 Å². The Kier molecular flexibility index (Phi) is 5.70. The summed E-state index contributed by atoms with van der Waals surface area (Å²) in [5, 5.41) is 15.9. The van der Waals surface area contributed by atoms with Crippen molar-refractivity contribution in [2.45, 2.75) is 33.1 Å². The van der Waals surface area contributed by atoms with E-state index < -0.39 is 0 Å². The van der Waals surface area contributed by atoms with E-state index in [-0.39, 0.29) is 27.2 Å². The van der Waals surface area contributed by atoms with E-state index in [2.05, 4.69) is 10.6 Å². The van der Waals surface area contributed by atoms with E-state index in [1.165, 1.54) is 0 Å². The first-order valence-corrected chi connectivity index (χ1v) is 8.58. The number of carbonyl (C=O) groups excluding carboxylic acids is 1. The summed E-state index contributed by atoms with van der Waals surface area (Å²) in [6.07, 6.45) is 0. The minimum atomic E-state index is -0.324. The molecular formula is C19H21ClN2O2S. The van der Waals surface area contributed by atoms with E-state index >= 15 is 0 Å². The maximum absolute atomic E-state index is 12.2. The molecule has 4 nitrogen and oxygen atoms in total. The number of amides is 1. The van der Waals surface area contributed by atoms with Crippen LogP contribution in [0.1, 0.15) is 42.3 Å². The van der Waals surface area contributed by atoms with E-state index in [4.69, 9.17) is 23.8 Å². The minimum Gasteiger partial charge on any atom is -0.504 e. The van der Waals surface area contributed by atoms with Gasteiger partial charge in [-0.1, -0.05) is 50.1 Å². The maximum Gasteiger partial charge on any atom is 0.257 e. The van der Waals surface area contributed by atoms with Gasteiger partial charge in [-0.05, 0) is 54.4 Å². The van der Waals surface area contributed by atoms with Crippen LogP contribution < -0.4 is 10.6 Å². The van der Waals surface area contributed by atoms with Crippen molar-refractivity contribution in [1.82, 2.24) is 5.32 Å². The van der Waals surface area contributed by atoms with Gasteiger partial charge in [0.1, 0.15) is 0 Å². The summed E-state index contributed by atoms with van der Waals surface area (Å²) in [7, 11) is 0. The van der Waals surface area contributed by atoms with Crippen LogP contribution >= 0.6 is 23.8 Å². The van der Waals surface area contributed by atoms with Gasteiger partial charge in [0.2, 0.25) is 0 Å². The van der Waals surface area contributed by atoms with Crippen molar-refractivity contribution in [1.29, 1.82) is 0 Å². The highest BCUT2D eigenvalue weighted by atomic mass is 35.5. The molecule has 0 fully saturated rings. The van der Waals surface area contributed by atoms with Crippen molar-refractivity contribution < 1.29 is 9.90 Å². The SMILES string of the molecule is Cc1ccc(C(=O)NC(=S)Nc2cc(C(C)(C)C)cc(Cl)c2O)cc1. The number of hydrogen-bond acceptors (Lipinski definition) is 3. The van der Waals surface area contributed by atoms with E-state index in [0.717, 1.165) is 11.1 Å². The smallest absolute Gasteiger partial charge is 0.257 e. The summed E-state index contributed by atoms with van der Waals surface area (Å²) in [5.41, 5.74) is 2.70. The molecule has 0 aliphatic rings. The van der Waals surface area contributed by atoms with E-state index in [9.17, 15) is 9.90 Å². The molecule has 1 amide bonds. The first-order chi connectivity index (χ1) is 11.6. The molecule has 2 aromatic carbocycles. The molecule has 0 atom stereocenters. The van der Waals surface area contributed by atoms with Crippen molar-refractivity contribution in [3.05, 3.63) is 58.1 Å². The molecule has 2 rings (SSSR count). The number of aryl methyl sites for hydroxylation is 1. The lowest BCUT2D eigenvalue weighted by Gasteiger charge is -2.21. The molecule has 0 radical (unpaired) electrons. The Hall–Kier alpha value is -2.11. The molecule has 3 N–H and O–H groups in total. The number of phenolic OH excluding ortho intramolecular Hbond substituents is 1. The molecule has 0 saturated heterocycles. The molecule has 0 aromatic heterocycles. The summed E-state index contributed by atoms with van der Waals surface area (Å²) in [4.78, 5) is 12.2. The second kappa shape index (κ2) is 7.42. The van der Waals surface area contributed by atoms with Gasteiger partial charge in [0.05, 0.1) is 10.7 Å². The fourth-order valence-electron chi connectivity index (χ4n) is 2.16. The lowest BCUT2D eigenvalue weighted by Crippen LogP contribution is -2.34. The Balaban J connectivity index is 2.16. The summed E-state index contributed by atoms with van der Waals surface area (Å²) < 4.78 is 0. The fourth-order valence-corrected chi connectivity index (χ4v) is 2.58. The van der Waals surface area contributed by atoms with Gasteiger partial charge < -0.3 is 10.4 Å². The highest BCUT2D eigenvalue weighted by Gasteiger charge is 2.19. The molecule has 2 aromatic rings. The molecule has 6 heteroatoms. The number of hydrogen-bond donors (Lipinski definition) is 3. The average Bonchev–Trinajstić information content (AvgIpc) is 2.51. The number of anilines is 1. The lowest BCUT2D eigenvalue weighted by molar-refractivity contribution is 0.0977. The molecule has 0 spiro atoms. The van der Waals surface area contributed by atoms with Gasteiger partial charge in [0.25, 0.3) is 5.91 Å². The zero-order valence-corrected chi connectivity index (χ0v) is 16.2. The molecule has 0 unspecified atom stereocenters. The highest BCUT2D eigenvalue weighted by Crippen LogP contribution is 2.37. The predicted molar refractivity (Wildman–Crippen MR) is 107 cm³/mol. The largest absolute Gasteiger partial charge is 0.504 e. The normalized spacial score (nSPS) is 11.1. The zero-order chi connectivity index (χ0) is 18.8. The first-order valence-electron chi connectivity index (χ1n) is 7.80. The summed E-state index contributed by atoms with van der Waals surface area (Å²) in [6.45, 7) is 8.06. The minimum absolute atomic E-state index is 0.0861. The number of aromatic hydroxyl groups is 1. The van der Waals surface area contributed by atoms with Crippen LogP contribution in [0, 0.1) is 6.92 Å². The number of thiocarbonyl (C=S) groups is 1. The zero-order valence-electron chi connectivity index (χ0n) is 14.6. The van der Waals surface area contributed by atoms with Gasteiger partial charge in [0.15, 0.2) is 10.9 Å². The monoisotopic (exact) mass is 376 g/mol.